The Bertz CT molecular complexity index is 1580. The van der Waals surface area contributed by atoms with Gasteiger partial charge in [-0.05, 0) is 47.9 Å². The van der Waals surface area contributed by atoms with Gasteiger partial charge in [0.1, 0.15) is 17.9 Å². The molecule has 2 amide bonds. The third kappa shape index (κ3) is 5.55. The monoisotopic (exact) mass is 554 g/mol. The van der Waals surface area contributed by atoms with Crippen molar-refractivity contribution in [2.24, 2.45) is 11.7 Å². The van der Waals surface area contributed by atoms with Gasteiger partial charge in [0, 0.05) is 29.3 Å². The summed E-state index contributed by atoms with van der Waals surface area (Å²) in [5.41, 5.74) is 7.55. The first-order valence-electron chi connectivity index (χ1n) is 12.2. The summed E-state index contributed by atoms with van der Waals surface area (Å²) in [7, 11) is 0. The van der Waals surface area contributed by atoms with Crippen LogP contribution in [-0.2, 0) is 9.59 Å². The molecule has 40 heavy (non-hydrogen) atoms. The Kier molecular flexibility index (Phi) is 7.07. The number of anilines is 2. The summed E-state index contributed by atoms with van der Waals surface area (Å²) >= 11 is 0. The molecule has 0 bridgehead atoms. The molecule has 4 aromatic rings. The highest BCUT2D eigenvalue weighted by atomic mass is 19.4. The lowest BCUT2D eigenvalue weighted by molar-refractivity contribution is -0.862. The molecular formula is C26H23F3N7O4+. The number of hydrogen-bond acceptors (Lipinski definition) is 7. The molecule has 1 fully saturated rings. The van der Waals surface area contributed by atoms with Gasteiger partial charge in [0.05, 0.1) is 24.3 Å². The van der Waals surface area contributed by atoms with Crippen LogP contribution in [0.3, 0.4) is 0 Å². The highest BCUT2D eigenvalue weighted by Crippen LogP contribution is 2.24. The van der Waals surface area contributed by atoms with E-state index in [0.29, 0.717) is 53.1 Å². The van der Waals surface area contributed by atoms with Crippen molar-refractivity contribution in [3.05, 3.63) is 72.7 Å². The average Bonchev–Trinajstić information content (AvgIpc) is 3.38. The summed E-state index contributed by atoms with van der Waals surface area (Å²) in [6, 6.07) is 13.5. The molecule has 206 valence electrons. The van der Waals surface area contributed by atoms with Gasteiger partial charge in [0.2, 0.25) is 5.91 Å². The lowest BCUT2D eigenvalue weighted by Crippen LogP contribution is -2.55. The number of rotatable bonds is 6. The number of halogens is 3. The van der Waals surface area contributed by atoms with Crippen LogP contribution in [0.1, 0.15) is 23.2 Å². The number of carbonyl (C=O) groups is 3. The molecule has 14 heteroatoms. The maximum Gasteiger partial charge on any atom is 0.495 e. The van der Waals surface area contributed by atoms with Crippen molar-refractivity contribution >= 4 is 40.3 Å². The maximum absolute atomic E-state index is 12.9. The molecule has 1 aliphatic heterocycles. The molecule has 0 unspecified atom stereocenters. The number of hydrogen-bond donors (Lipinski definition) is 2. The standard InChI is InChI=1S/C26H22F3N7O4/c27-26(28,29)24(39)40-36-12-2-11-31-25(36)34-13-9-16(10-14-34)23(38)32-18-5-7-19(8-6-18)35-15-17-3-1-4-20(22(30)37)21(17)33-35/h1-8,11-12,15-16H,9-10,13-14H2,(H2-,30,32,37,38)/p+1. The smallest absolute Gasteiger partial charge is 0.366 e. The largest absolute Gasteiger partial charge is 0.495 e. The first kappa shape index (κ1) is 26.6. The van der Waals surface area contributed by atoms with E-state index in [2.05, 4.69) is 20.2 Å². The maximum atomic E-state index is 12.9. The third-order valence-electron chi connectivity index (χ3n) is 6.46. The van der Waals surface area contributed by atoms with E-state index in [4.69, 9.17) is 5.73 Å². The molecule has 0 radical (unpaired) electrons. The summed E-state index contributed by atoms with van der Waals surface area (Å²) in [5, 5.41) is 8.11. The fraction of sp³-hybridized carbons (Fsp3) is 0.231. The van der Waals surface area contributed by atoms with Crippen molar-refractivity contribution in [2.75, 3.05) is 23.3 Å². The van der Waals surface area contributed by atoms with E-state index >= 15 is 0 Å². The van der Waals surface area contributed by atoms with Crippen LogP contribution in [0.2, 0.25) is 0 Å². The van der Waals surface area contributed by atoms with E-state index in [9.17, 15) is 27.6 Å². The Morgan fingerprint density at radius 2 is 1.77 bits per heavy atom. The van der Waals surface area contributed by atoms with Gasteiger partial charge in [-0.25, -0.2) is 9.48 Å². The predicted molar refractivity (Wildman–Crippen MR) is 135 cm³/mol. The first-order valence-corrected chi connectivity index (χ1v) is 12.2. The lowest BCUT2D eigenvalue weighted by atomic mass is 9.96. The minimum absolute atomic E-state index is 0.0313. The summed E-state index contributed by atoms with van der Waals surface area (Å²) in [6.07, 6.45) is -0.0103. The van der Waals surface area contributed by atoms with E-state index in [0.717, 1.165) is 11.6 Å². The quantitative estimate of drug-likeness (QED) is 0.349. The lowest BCUT2D eigenvalue weighted by Gasteiger charge is -2.27. The van der Waals surface area contributed by atoms with Gasteiger partial charge in [-0.2, -0.15) is 18.3 Å². The van der Waals surface area contributed by atoms with Crippen molar-refractivity contribution in [1.29, 1.82) is 0 Å². The first-order chi connectivity index (χ1) is 19.1. The number of benzene rings is 2. The fourth-order valence-electron chi connectivity index (χ4n) is 4.44. The normalized spacial score (nSPS) is 14.2. The molecular weight excluding hydrogens is 531 g/mol. The van der Waals surface area contributed by atoms with E-state index in [1.54, 1.807) is 52.2 Å². The van der Waals surface area contributed by atoms with Gasteiger partial charge in [-0.3, -0.25) is 19.3 Å². The molecule has 1 aliphatic rings. The molecule has 11 nitrogen and oxygen atoms in total. The van der Waals surface area contributed by atoms with Crippen LogP contribution >= 0.6 is 0 Å². The highest BCUT2D eigenvalue weighted by molar-refractivity contribution is 6.04. The molecule has 1 saturated heterocycles. The van der Waals surface area contributed by atoms with Crippen molar-refractivity contribution < 1.29 is 37.1 Å². The second-order valence-electron chi connectivity index (χ2n) is 9.10. The third-order valence-corrected chi connectivity index (χ3v) is 6.46. The van der Waals surface area contributed by atoms with Gasteiger partial charge < -0.3 is 11.1 Å². The number of alkyl halides is 3. The molecule has 3 N–H and O–H groups in total. The van der Waals surface area contributed by atoms with Gasteiger partial charge in [0.25, 0.3) is 5.91 Å². The van der Waals surface area contributed by atoms with Gasteiger partial charge in [-0.1, -0.05) is 17.1 Å². The van der Waals surface area contributed by atoms with E-state index in [-0.39, 0.29) is 17.8 Å². The average molecular weight is 555 g/mol. The summed E-state index contributed by atoms with van der Waals surface area (Å²) in [5.74, 6) is -3.42. The van der Waals surface area contributed by atoms with E-state index in [1.165, 1.54) is 12.3 Å². The Morgan fingerprint density at radius 1 is 1.05 bits per heavy atom. The molecule has 0 aliphatic carbocycles. The fourth-order valence-corrected chi connectivity index (χ4v) is 4.44. The number of piperidine rings is 1. The van der Waals surface area contributed by atoms with Gasteiger partial charge in [-0.15, -0.1) is 0 Å². The zero-order valence-electron chi connectivity index (χ0n) is 20.8. The number of carbonyl (C=O) groups excluding carboxylic acids is 3. The van der Waals surface area contributed by atoms with Gasteiger partial charge in [0.15, 0.2) is 0 Å². The molecule has 2 aromatic heterocycles. The SMILES string of the molecule is NC(=O)c1cccc2cn(-c3ccc(NC(=O)C4CCN(c5nccc[n+]5OC(=O)C(F)(F)F)CC4)cc3)nc12. The Balaban J connectivity index is 1.20. The Morgan fingerprint density at radius 3 is 2.45 bits per heavy atom. The van der Waals surface area contributed by atoms with Crippen LogP contribution in [0.4, 0.5) is 24.8 Å². The van der Waals surface area contributed by atoms with Gasteiger partial charge >= 0.3 is 18.1 Å². The molecule has 2 aromatic carbocycles. The van der Waals surface area contributed by atoms with E-state index < -0.39 is 18.1 Å². The topological polar surface area (TPSA) is 136 Å². The predicted octanol–water partition coefficient (Wildman–Crippen LogP) is 2.18. The summed E-state index contributed by atoms with van der Waals surface area (Å²) in [4.78, 5) is 46.0. The number of nitrogens with zero attached hydrogens (tertiary/aromatic N) is 5. The van der Waals surface area contributed by atoms with Crippen LogP contribution < -0.4 is 25.5 Å². The second-order valence-corrected chi connectivity index (χ2v) is 9.10. The van der Waals surface area contributed by atoms with Crippen LogP contribution in [0.15, 0.2) is 67.1 Å². The van der Waals surface area contributed by atoms with E-state index in [1.807, 2.05) is 6.07 Å². The molecule has 5 rings (SSSR count). The molecule has 0 saturated carbocycles. The molecule has 0 atom stereocenters. The number of nitrogens with one attached hydrogen (secondary N) is 1. The van der Waals surface area contributed by atoms with Crippen LogP contribution in [0, 0.1) is 5.92 Å². The van der Waals surface area contributed by atoms with Crippen LogP contribution in [0.5, 0.6) is 0 Å². The number of primary amides is 1. The summed E-state index contributed by atoms with van der Waals surface area (Å²) in [6.45, 7) is 0.634. The zero-order valence-corrected chi connectivity index (χ0v) is 20.8. The molecule has 3 heterocycles. The minimum atomic E-state index is -5.15. The highest BCUT2D eigenvalue weighted by Gasteiger charge is 2.44. The number of fused-ring (bicyclic) bond motifs is 1. The van der Waals surface area contributed by atoms with Crippen LogP contribution in [0.25, 0.3) is 16.6 Å². The number of nitrogens with two attached hydrogens (primary N) is 1. The van der Waals surface area contributed by atoms with Crippen molar-refractivity contribution in [1.82, 2.24) is 14.8 Å². The van der Waals surface area contributed by atoms with Crippen LogP contribution in [-0.4, -0.2) is 51.8 Å². The van der Waals surface area contributed by atoms with Crippen molar-refractivity contribution in [3.8, 4) is 5.69 Å². The zero-order chi connectivity index (χ0) is 28.4. The molecule has 0 spiro atoms. The Hall–Kier alpha value is -5.01. The minimum Gasteiger partial charge on any atom is -0.366 e. The van der Waals surface area contributed by atoms with Crippen molar-refractivity contribution in [3.63, 3.8) is 0 Å². The Labute approximate surface area is 224 Å². The number of amides is 2. The number of aromatic nitrogens is 4. The van der Waals surface area contributed by atoms with Crippen molar-refractivity contribution in [2.45, 2.75) is 19.0 Å². The second kappa shape index (κ2) is 10.6. The summed E-state index contributed by atoms with van der Waals surface area (Å²) < 4.78 is 40.2.